The maximum Gasteiger partial charge on any atom is 0.446 e. The van der Waals surface area contributed by atoms with Crippen molar-refractivity contribution in [2.24, 2.45) is 0 Å². The number of carbonyl (C=O) groups excluding carboxylic acids is 1. The maximum absolute atomic E-state index is 12.2. The van der Waals surface area contributed by atoms with Gasteiger partial charge in [0, 0.05) is 10.6 Å². The molecule has 128 valence electrons. The van der Waals surface area contributed by atoms with Crippen molar-refractivity contribution in [1.82, 2.24) is 9.97 Å². The van der Waals surface area contributed by atoms with Gasteiger partial charge in [-0.05, 0) is 43.0 Å². The molecule has 2 aromatic rings. The molecular formula is C14H13F3N4O2S. The van der Waals surface area contributed by atoms with Gasteiger partial charge in [-0.2, -0.15) is 13.2 Å². The van der Waals surface area contributed by atoms with E-state index < -0.39 is 11.5 Å². The summed E-state index contributed by atoms with van der Waals surface area (Å²) in [5, 5.41) is 4.99. The van der Waals surface area contributed by atoms with Gasteiger partial charge in [-0.3, -0.25) is 0 Å². The van der Waals surface area contributed by atoms with E-state index in [2.05, 4.69) is 20.6 Å². The summed E-state index contributed by atoms with van der Waals surface area (Å²) in [6, 6.07) is 4.92. The van der Waals surface area contributed by atoms with Gasteiger partial charge in [-0.15, -0.1) is 0 Å². The van der Waals surface area contributed by atoms with Gasteiger partial charge in [0.05, 0.1) is 24.7 Å². The number of thioether (sulfide) groups is 1. The number of carbonyl (C=O) groups is 1. The summed E-state index contributed by atoms with van der Waals surface area (Å²) in [6.45, 7) is 2.22. The molecule has 0 spiro atoms. The average Bonchev–Trinajstić information content (AvgIpc) is 2.50. The van der Waals surface area contributed by atoms with Crippen LogP contribution in [0.5, 0.6) is 6.01 Å². The van der Waals surface area contributed by atoms with Crippen LogP contribution in [0.4, 0.5) is 29.3 Å². The van der Waals surface area contributed by atoms with Crippen molar-refractivity contribution in [2.75, 3.05) is 17.2 Å². The molecule has 0 saturated carbocycles. The Labute approximate surface area is 139 Å². The summed E-state index contributed by atoms with van der Waals surface area (Å²) in [7, 11) is 0. The fourth-order valence-electron chi connectivity index (χ4n) is 1.62. The zero-order valence-electron chi connectivity index (χ0n) is 12.4. The molecule has 2 amide bonds. The van der Waals surface area contributed by atoms with Crippen LogP contribution < -0.4 is 15.4 Å². The number of benzene rings is 1. The first-order valence-electron chi connectivity index (χ1n) is 6.74. The monoisotopic (exact) mass is 358 g/mol. The van der Waals surface area contributed by atoms with Crippen LogP contribution in [0, 0.1) is 0 Å². The van der Waals surface area contributed by atoms with E-state index in [1.54, 1.807) is 6.92 Å². The van der Waals surface area contributed by atoms with E-state index in [0.717, 1.165) is 0 Å². The van der Waals surface area contributed by atoms with Crippen molar-refractivity contribution in [3.8, 4) is 6.01 Å². The SMILES string of the molecule is CCOc1ncc(NC(=O)Nc2ccc(SC(F)(F)F)cc2)cn1. The van der Waals surface area contributed by atoms with E-state index in [1.165, 1.54) is 36.7 Å². The van der Waals surface area contributed by atoms with Crippen LogP contribution in [-0.4, -0.2) is 28.1 Å². The first kappa shape index (κ1) is 17.9. The Bertz CT molecular complexity index is 678. The number of nitrogens with zero attached hydrogens (tertiary/aromatic N) is 2. The van der Waals surface area contributed by atoms with Crippen LogP contribution in [0.3, 0.4) is 0 Å². The topological polar surface area (TPSA) is 76.1 Å². The Kier molecular flexibility index (Phi) is 5.85. The summed E-state index contributed by atoms with van der Waals surface area (Å²) in [4.78, 5) is 19.6. The lowest BCUT2D eigenvalue weighted by Crippen LogP contribution is -2.19. The number of halogens is 3. The van der Waals surface area contributed by atoms with E-state index in [9.17, 15) is 18.0 Å². The molecule has 6 nitrogen and oxygen atoms in total. The maximum atomic E-state index is 12.2. The number of anilines is 2. The van der Waals surface area contributed by atoms with Gasteiger partial charge in [0.1, 0.15) is 0 Å². The van der Waals surface area contributed by atoms with Gasteiger partial charge < -0.3 is 15.4 Å². The van der Waals surface area contributed by atoms with E-state index >= 15 is 0 Å². The van der Waals surface area contributed by atoms with Crippen LogP contribution in [0.1, 0.15) is 6.92 Å². The summed E-state index contributed by atoms with van der Waals surface area (Å²) in [5.41, 5.74) is -3.65. The summed E-state index contributed by atoms with van der Waals surface area (Å²) >= 11 is -0.220. The number of nitrogens with one attached hydrogen (secondary N) is 2. The molecule has 10 heteroatoms. The van der Waals surface area contributed by atoms with Crippen LogP contribution in [0.15, 0.2) is 41.6 Å². The molecule has 2 rings (SSSR count). The molecule has 24 heavy (non-hydrogen) atoms. The third-order valence-electron chi connectivity index (χ3n) is 2.51. The second kappa shape index (κ2) is 7.86. The number of urea groups is 1. The molecule has 0 aliphatic rings. The molecular weight excluding hydrogens is 345 g/mol. The molecule has 0 atom stereocenters. The highest BCUT2D eigenvalue weighted by Crippen LogP contribution is 2.37. The van der Waals surface area contributed by atoms with Crippen molar-refractivity contribution in [3.63, 3.8) is 0 Å². The zero-order chi connectivity index (χ0) is 17.6. The van der Waals surface area contributed by atoms with E-state index in [1.807, 2.05) is 0 Å². The van der Waals surface area contributed by atoms with Crippen molar-refractivity contribution >= 4 is 29.2 Å². The number of hydrogen-bond acceptors (Lipinski definition) is 5. The number of hydrogen-bond donors (Lipinski definition) is 2. The summed E-state index contributed by atoms with van der Waals surface area (Å²) < 4.78 is 41.8. The quantitative estimate of drug-likeness (QED) is 0.786. The minimum atomic E-state index is -4.35. The number of alkyl halides is 3. The second-order valence-electron chi connectivity index (χ2n) is 4.34. The van der Waals surface area contributed by atoms with Crippen molar-refractivity contribution in [2.45, 2.75) is 17.3 Å². The van der Waals surface area contributed by atoms with Gasteiger partial charge in [0.2, 0.25) is 0 Å². The van der Waals surface area contributed by atoms with Gasteiger partial charge in [-0.1, -0.05) is 0 Å². The lowest BCUT2D eigenvalue weighted by molar-refractivity contribution is -0.0328. The van der Waals surface area contributed by atoms with E-state index in [0.29, 0.717) is 18.0 Å². The van der Waals surface area contributed by atoms with Gasteiger partial charge in [0.25, 0.3) is 0 Å². The Morgan fingerprint density at radius 2 is 1.71 bits per heavy atom. The van der Waals surface area contributed by atoms with Gasteiger partial charge in [-0.25, -0.2) is 14.8 Å². The second-order valence-corrected chi connectivity index (χ2v) is 5.48. The standard InChI is InChI=1S/C14H13F3N4O2S/c1-2-23-13-18-7-10(8-19-13)21-12(22)20-9-3-5-11(6-4-9)24-14(15,16)17/h3-8H,2H2,1H3,(H2,20,21,22). The largest absolute Gasteiger partial charge is 0.464 e. The van der Waals surface area contributed by atoms with Crippen LogP contribution in [0.25, 0.3) is 0 Å². The highest BCUT2D eigenvalue weighted by molar-refractivity contribution is 8.00. The number of aromatic nitrogens is 2. The number of amides is 2. The molecule has 0 aliphatic carbocycles. The number of rotatable bonds is 5. The van der Waals surface area contributed by atoms with Crippen LogP contribution in [0.2, 0.25) is 0 Å². The smallest absolute Gasteiger partial charge is 0.446 e. The molecule has 0 unspecified atom stereocenters. The van der Waals surface area contributed by atoms with Crippen molar-refractivity contribution in [1.29, 1.82) is 0 Å². The highest BCUT2D eigenvalue weighted by Gasteiger charge is 2.29. The first-order valence-corrected chi connectivity index (χ1v) is 7.56. The minimum absolute atomic E-state index is 0.0355. The van der Waals surface area contributed by atoms with E-state index in [4.69, 9.17) is 4.74 Å². The van der Waals surface area contributed by atoms with Crippen LogP contribution in [-0.2, 0) is 0 Å². The van der Waals surface area contributed by atoms with Crippen molar-refractivity contribution < 1.29 is 22.7 Å². The van der Waals surface area contributed by atoms with E-state index in [-0.39, 0.29) is 22.7 Å². The van der Waals surface area contributed by atoms with Gasteiger partial charge in [0.15, 0.2) is 0 Å². The molecule has 1 heterocycles. The molecule has 0 aliphatic heterocycles. The molecule has 0 radical (unpaired) electrons. The number of ether oxygens (including phenoxy) is 1. The average molecular weight is 358 g/mol. The molecule has 0 fully saturated rings. The Hall–Kier alpha value is -2.49. The third kappa shape index (κ3) is 5.95. The fourth-order valence-corrected chi connectivity index (χ4v) is 2.16. The van der Waals surface area contributed by atoms with Gasteiger partial charge >= 0.3 is 17.5 Å². The van der Waals surface area contributed by atoms with Crippen LogP contribution >= 0.6 is 11.8 Å². The summed E-state index contributed by atoms with van der Waals surface area (Å²) in [6.07, 6.45) is 2.75. The Morgan fingerprint density at radius 1 is 1.12 bits per heavy atom. The summed E-state index contributed by atoms with van der Waals surface area (Å²) in [5.74, 6) is 0. The molecule has 0 saturated heterocycles. The lowest BCUT2D eigenvalue weighted by atomic mass is 10.3. The first-order chi connectivity index (χ1) is 11.4. The third-order valence-corrected chi connectivity index (χ3v) is 3.24. The molecule has 2 N–H and O–H groups in total. The highest BCUT2D eigenvalue weighted by atomic mass is 32.2. The molecule has 1 aromatic heterocycles. The minimum Gasteiger partial charge on any atom is -0.464 e. The molecule has 0 bridgehead atoms. The normalized spacial score (nSPS) is 11.0. The lowest BCUT2D eigenvalue weighted by Gasteiger charge is -2.09. The zero-order valence-corrected chi connectivity index (χ0v) is 13.2. The Morgan fingerprint density at radius 3 is 2.25 bits per heavy atom. The molecule has 1 aromatic carbocycles. The Balaban J connectivity index is 1.89. The fraction of sp³-hybridized carbons (Fsp3) is 0.214. The van der Waals surface area contributed by atoms with Crippen molar-refractivity contribution in [3.05, 3.63) is 36.7 Å². The predicted molar refractivity (Wildman–Crippen MR) is 84.2 cm³/mol. The predicted octanol–water partition coefficient (Wildman–Crippen LogP) is 4.13.